The van der Waals surface area contributed by atoms with Crippen molar-refractivity contribution in [2.24, 2.45) is 7.05 Å². The molecule has 0 saturated carbocycles. The van der Waals surface area contributed by atoms with Crippen molar-refractivity contribution >= 4 is 11.6 Å². The number of methoxy groups -OCH3 is 2. The zero-order valence-electron chi connectivity index (χ0n) is 11.5. The standard InChI is InChI=1S/C12H17N5O2/c1-5-8-9(7-17(2)16-8)13-12-14-10(18-3)6-11(15-12)19-4/h6-7H,5H2,1-4H3,(H,13,14,15). The Morgan fingerprint density at radius 1 is 1.21 bits per heavy atom. The van der Waals surface area contributed by atoms with Crippen molar-refractivity contribution in [2.75, 3.05) is 19.5 Å². The van der Waals surface area contributed by atoms with Gasteiger partial charge >= 0.3 is 0 Å². The Morgan fingerprint density at radius 2 is 1.84 bits per heavy atom. The molecule has 102 valence electrons. The maximum absolute atomic E-state index is 5.10. The first-order chi connectivity index (χ1) is 9.16. The Labute approximate surface area is 111 Å². The van der Waals surface area contributed by atoms with Crippen LogP contribution in [0, 0.1) is 0 Å². The van der Waals surface area contributed by atoms with E-state index in [4.69, 9.17) is 9.47 Å². The topological polar surface area (TPSA) is 74.1 Å². The van der Waals surface area contributed by atoms with E-state index in [-0.39, 0.29) is 0 Å². The van der Waals surface area contributed by atoms with E-state index >= 15 is 0 Å². The number of rotatable bonds is 5. The van der Waals surface area contributed by atoms with E-state index in [0.29, 0.717) is 17.7 Å². The lowest BCUT2D eigenvalue weighted by molar-refractivity contribution is 0.373. The average molecular weight is 263 g/mol. The van der Waals surface area contributed by atoms with Crippen molar-refractivity contribution in [1.29, 1.82) is 0 Å². The summed E-state index contributed by atoms with van der Waals surface area (Å²) >= 11 is 0. The largest absolute Gasteiger partial charge is 0.481 e. The lowest BCUT2D eigenvalue weighted by atomic mass is 10.3. The van der Waals surface area contributed by atoms with Gasteiger partial charge in [-0.15, -0.1) is 0 Å². The van der Waals surface area contributed by atoms with Crippen LogP contribution in [0.15, 0.2) is 12.3 Å². The van der Waals surface area contributed by atoms with E-state index < -0.39 is 0 Å². The van der Waals surface area contributed by atoms with Crippen molar-refractivity contribution in [3.63, 3.8) is 0 Å². The second-order valence-electron chi connectivity index (χ2n) is 3.92. The summed E-state index contributed by atoms with van der Waals surface area (Å²) in [4.78, 5) is 8.44. The fourth-order valence-electron chi connectivity index (χ4n) is 1.69. The summed E-state index contributed by atoms with van der Waals surface area (Å²) < 4.78 is 12.0. The fraction of sp³-hybridized carbons (Fsp3) is 0.417. The Kier molecular flexibility index (Phi) is 3.84. The SMILES string of the molecule is CCc1nn(C)cc1Nc1nc(OC)cc(OC)n1. The molecule has 0 saturated heterocycles. The van der Waals surface area contributed by atoms with E-state index in [1.807, 2.05) is 20.2 Å². The molecular formula is C12H17N5O2. The van der Waals surface area contributed by atoms with Crippen LogP contribution < -0.4 is 14.8 Å². The first-order valence-electron chi connectivity index (χ1n) is 5.92. The molecule has 0 aliphatic rings. The molecule has 7 heteroatoms. The van der Waals surface area contributed by atoms with Crippen molar-refractivity contribution in [1.82, 2.24) is 19.7 Å². The Morgan fingerprint density at radius 3 is 2.37 bits per heavy atom. The van der Waals surface area contributed by atoms with Crippen LogP contribution in [-0.4, -0.2) is 34.0 Å². The van der Waals surface area contributed by atoms with E-state index in [2.05, 4.69) is 20.4 Å². The minimum absolute atomic E-state index is 0.416. The lowest BCUT2D eigenvalue weighted by Crippen LogP contribution is -2.01. The number of nitrogens with zero attached hydrogens (tertiary/aromatic N) is 4. The number of aromatic nitrogens is 4. The van der Waals surface area contributed by atoms with Crippen LogP contribution >= 0.6 is 0 Å². The monoisotopic (exact) mass is 263 g/mol. The van der Waals surface area contributed by atoms with Crippen molar-refractivity contribution in [2.45, 2.75) is 13.3 Å². The Bertz CT molecular complexity index is 545. The number of aryl methyl sites for hydroxylation is 2. The van der Waals surface area contributed by atoms with E-state index in [9.17, 15) is 0 Å². The van der Waals surface area contributed by atoms with Gasteiger partial charge in [-0.3, -0.25) is 4.68 Å². The van der Waals surface area contributed by atoms with Gasteiger partial charge in [0.15, 0.2) is 0 Å². The molecule has 0 aromatic carbocycles. The predicted molar refractivity (Wildman–Crippen MR) is 71.0 cm³/mol. The van der Waals surface area contributed by atoms with Crippen molar-refractivity contribution in [3.8, 4) is 11.8 Å². The number of anilines is 2. The summed E-state index contributed by atoms with van der Waals surface area (Å²) in [7, 11) is 4.97. The predicted octanol–water partition coefficient (Wildman–Crippen LogP) is 1.53. The smallest absolute Gasteiger partial charge is 0.233 e. The maximum atomic E-state index is 5.10. The summed E-state index contributed by atoms with van der Waals surface area (Å²) in [6.45, 7) is 2.04. The molecule has 0 bridgehead atoms. The normalized spacial score (nSPS) is 10.3. The van der Waals surface area contributed by atoms with Gasteiger partial charge in [-0.05, 0) is 6.42 Å². The quantitative estimate of drug-likeness (QED) is 0.882. The van der Waals surface area contributed by atoms with Gasteiger partial charge in [-0.25, -0.2) is 0 Å². The molecule has 0 amide bonds. The molecule has 0 aliphatic heterocycles. The molecule has 0 radical (unpaired) electrons. The summed E-state index contributed by atoms with van der Waals surface area (Å²) in [5, 5.41) is 7.47. The third kappa shape index (κ3) is 2.93. The van der Waals surface area contributed by atoms with Crippen molar-refractivity contribution in [3.05, 3.63) is 18.0 Å². The number of hydrogen-bond donors (Lipinski definition) is 1. The molecule has 0 spiro atoms. The van der Waals surface area contributed by atoms with Gasteiger partial charge < -0.3 is 14.8 Å². The highest BCUT2D eigenvalue weighted by molar-refractivity contribution is 5.56. The van der Waals surface area contributed by atoms with E-state index in [1.54, 1.807) is 25.0 Å². The molecule has 0 unspecified atom stereocenters. The van der Waals surface area contributed by atoms with Gasteiger partial charge in [0.2, 0.25) is 17.7 Å². The fourth-order valence-corrected chi connectivity index (χ4v) is 1.69. The van der Waals surface area contributed by atoms with Crippen LogP contribution in [0.1, 0.15) is 12.6 Å². The maximum Gasteiger partial charge on any atom is 0.233 e. The van der Waals surface area contributed by atoms with Crippen LogP contribution in [0.25, 0.3) is 0 Å². The molecule has 0 fully saturated rings. The molecule has 2 aromatic heterocycles. The highest BCUT2D eigenvalue weighted by atomic mass is 16.5. The highest BCUT2D eigenvalue weighted by Gasteiger charge is 2.10. The van der Waals surface area contributed by atoms with Gasteiger partial charge in [0, 0.05) is 13.2 Å². The average Bonchev–Trinajstić information content (AvgIpc) is 2.78. The van der Waals surface area contributed by atoms with Crippen LogP contribution in [-0.2, 0) is 13.5 Å². The molecule has 0 atom stereocenters. The molecule has 2 rings (SSSR count). The zero-order chi connectivity index (χ0) is 13.8. The summed E-state index contributed by atoms with van der Waals surface area (Å²) in [5.41, 5.74) is 1.83. The second-order valence-corrected chi connectivity index (χ2v) is 3.92. The first kappa shape index (κ1) is 13.1. The van der Waals surface area contributed by atoms with Gasteiger partial charge in [0.1, 0.15) is 0 Å². The number of hydrogen-bond acceptors (Lipinski definition) is 6. The zero-order valence-corrected chi connectivity index (χ0v) is 11.5. The van der Waals surface area contributed by atoms with Gasteiger partial charge in [-0.2, -0.15) is 15.1 Å². The van der Waals surface area contributed by atoms with Crippen LogP contribution in [0.4, 0.5) is 11.6 Å². The molecule has 7 nitrogen and oxygen atoms in total. The van der Waals surface area contributed by atoms with Crippen LogP contribution in [0.5, 0.6) is 11.8 Å². The number of ether oxygens (including phenoxy) is 2. The van der Waals surface area contributed by atoms with Gasteiger partial charge in [0.25, 0.3) is 0 Å². The molecule has 19 heavy (non-hydrogen) atoms. The third-order valence-electron chi connectivity index (χ3n) is 2.58. The highest BCUT2D eigenvalue weighted by Crippen LogP contribution is 2.22. The minimum Gasteiger partial charge on any atom is -0.481 e. The van der Waals surface area contributed by atoms with E-state index in [0.717, 1.165) is 17.8 Å². The second kappa shape index (κ2) is 5.55. The minimum atomic E-state index is 0.416. The lowest BCUT2D eigenvalue weighted by Gasteiger charge is -2.07. The van der Waals surface area contributed by atoms with Gasteiger partial charge in [0.05, 0.1) is 31.7 Å². The van der Waals surface area contributed by atoms with E-state index in [1.165, 1.54) is 0 Å². The van der Waals surface area contributed by atoms with Crippen LogP contribution in [0.2, 0.25) is 0 Å². The Balaban J connectivity index is 2.31. The molecule has 1 N–H and O–H groups in total. The molecular weight excluding hydrogens is 246 g/mol. The summed E-state index contributed by atoms with van der Waals surface area (Å²) in [5.74, 6) is 1.30. The van der Waals surface area contributed by atoms with Crippen molar-refractivity contribution < 1.29 is 9.47 Å². The molecule has 0 aliphatic carbocycles. The molecule has 2 heterocycles. The summed E-state index contributed by atoms with van der Waals surface area (Å²) in [6.07, 6.45) is 2.71. The molecule has 2 aromatic rings. The van der Waals surface area contributed by atoms with Gasteiger partial charge in [-0.1, -0.05) is 6.92 Å². The third-order valence-corrected chi connectivity index (χ3v) is 2.58. The number of nitrogens with one attached hydrogen (secondary N) is 1. The van der Waals surface area contributed by atoms with Crippen LogP contribution in [0.3, 0.4) is 0 Å². The first-order valence-corrected chi connectivity index (χ1v) is 5.92. The Hall–Kier alpha value is -2.31. The summed E-state index contributed by atoms with van der Waals surface area (Å²) in [6, 6.07) is 1.62.